The molecule has 1 aliphatic heterocycles. The monoisotopic (exact) mass is 534 g/mol. The molecule has 1 aliphatic rings. The van der Waals surface area contributed by atoms with Crippen LogP contribution in [0.2, 0.25) is 0 Å². The number of rotatable bonds is 7. The number of aliphatic hydroxyl groups excluding tert-OH is 1. The average molecular weight is 534 g/mol. The molecule has 3 N–H and O–H groups in total. The third-order valence-corrected chi connectivity index (χ3v) is 5.87. The molecule has 2 atom stereocenters. The third kappa shape index (κ3) is 4.24. The number of aromatic amines is 1. The Bertz CT molecular complexity index is 1110. The van der Waals surface area contributed by atoms with Gasteiger partial charge in [0.15, 0.2) is 0 Å². The number of halogens is 1. The Kier molecular flexibility index (Phi) is 6.15. The van der Waals surface area contributed by atoms with Crippen LogP contribution in [0.15, 0.2) is 42.5 Å². The molecule has 9 heteroatoms. The van der Waals surface area contributed by atoms with Gasteiger partial charge in [0.25, 0.3) is 5.91 Å². The lowest BCUT2D eigenvalue weighted by Gasteiger charge is -2.27. The molecule has 4 rings (SSSR count). The fraction of sp³-hybridized carbons (Fsp3) is 0.318. The Morgan fingerprint density at radius 2 is 1.94 bits per heavy atom. The van der Waals surface area contributed by atoms with Crippen LogP contribution >= 0.6 is 22.6 Å². The van der Waals surface area contributed by atoms with Crippen LogP contribution < -0.4 is 10.1 Å². The van der Waals surface area contributed by atoms with Crippen LogP contribution in [0.5, 0.6) is 5.75 Å². The van der Waals surface area contributed by atoms with Gasteiger partial charge in [-0.25, -0.2) is 9.78 Å². The number of carbonyl (C=O) groups is 2. The lowest BCUT2D eigenvalue weighted by Crippen LogP contribution is -2.38. The number of amides is 3. The van der Waals surface area contributed by atoms with Crippen molar-refractivity contribution in [3.63, 3.8) is 0 Å². The van der Waals surface area contributed by atoms with E-state index >= 15 is 0 Å². The SMILES string of the molecule is CC(C)[C@@H](c1nc2cc(I)ccc2[nH]1)N1C(=O)N[C@H](c2ccc(OCCO)cc2)C1=O. The number of benzene rings is 2. The van der Waals surface area contributed by atoms with E-state index in [1.807, 2.05) is 32.0 Å². The van der Waals surface area contributed by atoms with E-state index in [2.05, 4.69) is 37.9 Å². The first-order valence-corrected chi connectivity index (χ1v) is 11.1. The van der Waals surface area contributed by atoms with Crippen molar-refractivity contribution >= 4 is 45.6 Å². The predicted molar refractivity (Wildman–Crippen MR) is 124 cm³/mol. The summed E-state index contributed by atoms with van der Waals surface area (Å²) in [5.41, 5.74) is 2.33. The molecular formula is C22H23IN4O4. The topological polar surface area (TPSA) is 108 Å². The van der Waals surface area contributed by atoms with E-state index in [-0.39, 0.29) is 25.0 Å². The van der Waals surface area contributed by atoms with Crippen molar-refractivity contribution in [3.8, 4) is 5.75 Å². The van der Waals surface area contributed by atoms with Crippen molar-refractivity contribution in [1.29, 1.82) is 0 Å². The Balaban J connectivity index is 1.62. The number of hydrogen-bond donors (Lipinski definition) is 3. The second-order valence-corrected chi connectivity index (χ2v) is 8.95. The molecule has 1 aromatic heterocycles. The fourth-order valence-corrected chi connectivity index (χ4v) is 4.25. The second-order valence-electron chi connectivity index (χ2n) is 7.70. The van der Waals surface area contributed by atoms with Crippen molar-refractivity contribution < 1.29 is 19.4 Å². The summed E-state index contributed by atoms with van der Waals surface area (Å²) < 4.78 is 6.42. The van der Waals surface area contributed by atoms with Gasteiger partial charge in [0.05, 0.1) is 17.6 Å². The van der Waals surface area contributed by atoms with E-state index in [9.17, 15) is 9.59 Å². The molecule has 2 heterocycles. The number of urea groups is 1. The molecule has 0 radical (unpaired) electrons. The number of nitrogens with one attached hydrogen (secondary N) is 2. The minimum Gasteiger partial charge on any atom is -0.491 e. The molecule has 0 unspecified atom stereocenters. The molecule has 31 heavy (non-hydrogen) atoms. The van der Waals surface area contributed by atoms with Gasteiger partial charge < -0.3 is 20.1 Å². The lowest BCUT2D eigenvalue weighted by atomic mass is 10.0. The van der Waals surface area contributed by atoms with Gasteiger partial charge in [-0.05, 0) is 64.4 Å². The molecule has 2 aromatic carbocycles. The number of fused-ring (bicyclic) bond motifs is 1. The minimum atomic E-state index is -0.772. The van der Waals surface area contributed by atoms with E-state index in [1.165, 1.54) is 4.90 Å². The first kappa shape index (κ1) is 21.6. The number of H-pyrrole nitrogens is 1. The number of nitrogens with zero attached hydrogens (tertiary/aromatic N) is 2. The van der Waals surface area contributed by atoms with Crippen LogP contribution in [0.1, 0.15) is 37.3 Å². The van der Waals surface area contributed by atoms with Crippen LogP contribution in [-0.2, 0) is 4.79 Å². The van der Waals surface area contributed by atoms with Crippen LogP contribution in [0.3, 0.4) is 0 Å². The molecule has 1 fully saturated rings. The second kappa shape index (κ2) is 8.83. The van der Waals surface area contributed by atoms with Crippen molar-refractivity contribution in [2.45, 2.75) is 25.9 Å². The van der Waals surface area contributed by atoms with Gasteiger partial charge in [-0.3, -0.25) is 9.69 Å². The van der Waals surface area contributed by atoms with Gasteiger partial charge in [-0.15, -0.1) is 0 Å². The van der Waals surface area contributed by atoms with E-state index in [4.69, 9.17) is 9.84 Å². The van der Waals surface area contributed by atoms with Crippen molar-refractivity contribution in [2.24, 2.45) is 5.92 Å². The lowest BCUT2D eigenvalue weighted by molar-refractivity contribution is -0.130. The number of imide groups is 1. The Morgan fingerprint density at radius 1 is 1.19 bits per heavy atom. The zero-order chi connectivity index (χ0) is 22.1. The van der Waals surface area contributed by atoms with Gasteiger partial charge in [0, 0.05) is 3.57 Å². The van der Waals surface area contributed by atoms with Crippen LogP contribution in [-0.4, -0.2) is 45.1 Å². The molecule has 3 amide bonds. The summed E-state index contributed by atoms with van der Waals surface area (Å²) in [6.07, 6.45) is 0. The normalized spacial score (nSPS) is 17.5. The largest absolute Gasteiger partial charge is 0.491 e. The summed E-state index contributed by atoms with van der Waals surface area (Å²) in [7, 11) is 0. The molecule has 0 saturated carbocycles. The Labute approximate surface area is 193 Å². The van der Waals surface area contributed by atoms with Crippen LogP contribution in [0, 0.1) is 9.49 Å². The molecule has 0 spiro atoms. The van der Waals surface area contributed by atoms with Crippen LogP contribution in [0.4, 0.5) is 4.79 Å². The quantitative estimate of drug-likeness (QED) is 0.318. The van der Waals surface area contributed by atoms with Gasteiger partial charge in [0.2, 0.25) is 0 Å². The summed E-state index contributed by atoms with van der Waals surface area (Å²) >= 11 is 2.23. The number of ether oxygens (including phenoxy) is 1. The zero-order valence-corrected chi connectivity index (χ0v) is 19.3. The highest BCUT2D eigenvalue weighted by Crippen LogP contribution is 2.34. The molecule has 0 bridgehead atoms. The highest BCUT2D eigenvalue weighted by molar-refractivity contribution is 14.1. The Hall–Kier alpha value is -2.66. The van der Waals surface area contributed by atoms with Gasteiger partial charge >= 0.3 is 6.03 Å². The Morgan fingerprint density at radius 3 is 2.61 bits per heavy atom. The molecule has 0 aliphatic carbocycles. The smallest absolute Gasteiger partial charge is 0.325 e. The van der Waals surface area contributed by atoms with Crippen LogP contribution in [0.25, 0.3) is 11.0 Å². The van der Waals surface area contributed by atoms with Gasteiger partial charge in [-0.1, -0.05) is 26.0 Å². The summed E-state index contributed by atoms with van der Waals surface area (Å²) in [5, 5.41) is 11.7. The maximum absolute atomic E-state index is 13.3. The van der Waals surface area contributed by atoms with Crippen molar-refractivity contribution in [1.82, 2.24) is 20.2 Å². The van der Waals surface area contributed by atoms with Crippen molar-refractivity contribution in [3.05, 3.63) is 57.4 Å². The molecule has 1 saturated heterocycles. The first-order chi connectivity index (χ1) is 14.9. The maximum atomic E-state index is 13.3. The summed E-state index contributed by atoms with van der Waals surface area (Å²) in [6.45, 7) is 4.04. The molecule has 3 aromatic rings. The van der Waals surface area contributed by atoms with Gasteiger partial charge in [0.1, 0.15) is 30.3 Å². The fourth-order valence-electron chi connectivity index (χ4n) is 3.78. The first-order valence-electron chi connectivity index (χ1n) is 10.0. The highest BCUT2D eigenvalue weighted by Gasteiger charge is 2.45. The zero-order valence-electron chi connectivity index (χ0n) is 17.1. The van der Waals surface area contributed by atoms with E-state index in [0.29, 0.717) is 17.1 Å². The molecule has 8 nitrogen and oxygen atoms in total. The number of imidazole rings is 1. The standard InChI is InChI=1S/C22H23IN4O4/c1-12(2)19(20-24-16-8-5-14(23)11-17(16)25-20)27-21(29)18(26-22(27)30)13-3-6-15(7-4-13)31-10-9-28/h3-8,11-12,18-19,28H,9-10H2,1-2H3,(H,24,25)(H,26,30)/t18-,19+/m1/s1. The average Bonchev–Trinajstić information content (AvgIpc) is 3.28. The number of aromatic nitrogens is 2. The maximum Gasteiger partial charge on any atom is 0.325 e. The number of carbonyl (C=O) groups excluding carboxylic acids is 2. The molecular weight excluding hydrogens is 511 g/mol. The number of hydrogen-bond acceptors (Lipinski definition) is 5. The third-order valence-electron chi connectivity index (χ3n) is 5.20. The minimum absolute atomic E-state index is 0.0395. The van der Waals surface area contributed by atoms with E-state index < -0.39 is 18.1 Å². The number of aliphatic hydroxyl groups is 1. The van der Waals surface area contributed by atoms with Gasteiger partial charge in [-0.2, -0.15) is 0 Å². The summed E-state index contributed by atoms with van der Waals surface area (Å²) in [6, 6.07) is 11.1. The van der Waals surface area contributed by atoms with E-state index in [0.717, 1.165) is 14.6 Å². The summed E-state index contributed by atoms with van der Waals surface area (Å²) in [4.78, 5) is 35.4. The highest BCUT2D eigenvalue weighted by atomic mass is 127. The van der Waals surface area contributed by atoms with Crippen molar-refractivity contribution in [2.75, 3.05) is 13.2 Å². The van der Waals surface area contributed by atoms with E-state index in [1.54, 1.807) is 24.3 Å². The predicted octanol–water partition coefficient (Wildman–Crippen LogP) is 3.53. The molecule has 162 valence electrons. The summed E-state index contributed by atoms with van der Waals surface area (Å²) in [5.74, 6) is 0.817.